The summed E-state index contributed by atoms with van der Waals surface area (Å²) < 4.78 is 13.2. The molecule has 1 unspecified atom stereocenters. The Kier molecular flexibility index (Phi) is 6.65. The SMILES string of the molecule is CN(C)C1CCN(CC(=O)N(Cc2ccc(F)cc2)C2CCCCC2)C1. The van der Waals surface area contributed by atoms with Gasteiger partial charge in [0.15, 0.2) is 0 Å². The summed E-state index contributed by atoms with van der Waals surface area (Å²) in [5.41, 5.74) is 1.01. The molecule has 2 fully saturated rings. The van der Waals surface area contributed by atoms with Crippen molar-refractivity contribution in [2.45, 2.75) is 57.2 Å². The molecule has 144 valence electrons. The summed E-state index contributed by atoms with van der Waals surface area (Å²) in [4.78, 5) is 19.7. The number of rotatable bonds is 6. The lowest BCUT2D eigenvalue weighted by atomic mass is 9.93. The van der Waals surface area contributed by atoms with Gasteiger partial charge in [-0.25, -0.2) is 4.39 Å². The summed E-state index contributed by atoms with van der Waals surface area (Å²) >= 11 is 0. The smallest absolute Gasteiger partial charge is 0.237 e. The molecule has 0 aromatic heterocycles. The molecule has 4 nitrogen and oxygen atoms in total. The van der Waals surface area contributed by atoms with Crippen molar-refractivity contribution in [1.82, 2.24) is 14.7 Å². The first-order valence-corrected chi connectivity index (χ1v) is 9.95. The summed E-state index contributed by atoms with van der Waals surface area (Å²) in [7, 11) is 4.22. The van der Waals surface area contributed by atoms with Crippen LogP contribution in [0.25, 0.3) is 0 Å². The number of hydrogen-bond donors (Lipinski definition) is 0. The van der Waals surface area contributed by atoms with Crippen LogP contribution in [0.5, 0.6) is 0 Å². The number of likely N-dealkylation sites (tertiary alicyclic amines) is 1. The van der Waals surface area contributed by atoms with Gasteiger partial charge in [-0.2, -0.15) is 0 Å². The number of hydrogen-bond acceptors (Lipinski definition) is 3. The van der Waals surface area contributed by atoms with Crippen molar-refractivity contribution in [1.29, 1.82) is 0 Å². The molecule has 3 rings (SSSR count). The van der Waals surface area contributed by atoms with Crippen LogP contribution in [0.3, 0.4) is 0 Å². The highest BCUT2D eigenvalue weighted by atomic mass is 19.1. The zero-order valence-electron chi connectivity index (χ0n) is 16.2. The van der Waals surface area contributed by atoms with Gasteiger partial charge < -0.3 is 9.80 Å². The quantitative estimate of drug-likeness (QED) is 0.779. The molecule has 2 aliphatic rings. The van der Waals surface area contributed by atoms with Gasteiger partial charge in [0.05, 0.1) is 6.54 Å². The van der Waals surface area contributed by atoms with Crippen molar-refractivity contribution in [2.24, 2.45) is 0 Å². The Morgan fingerprint density at radius 1 is 1.08 bits per heavy atom. The van der Waals surface area contributed by atoms with Crippen LogP contribution < -0.4 is 0 Å². The van der Waals surface area contributed by atoms with Crippen molar-refractivity contribution in [3.05, 3.63) is 35.6 Å². The third-order valence-electron chi connectivity index (χ3n) is 5.94. The molecule has 26 heavy (non-hydrogen) atoms. The van der Waals surface area contributed by atoms with Gasteiger partial charge in [-0.1, -0.05) is 31.4 Å². The summed E-state index contributed by atoms with van der Waals surface area (Å²) in [6.07, 6.45) is 6.97. The predicted octanol–water partition coefficient (Wildman–Crippen LogP) is 3.12. The van der Waals surface area contributed by atoms with Crippen LogP contribution in [-0.4, -0.2) is 66.4 Å². The third kappa shape index (κ3) is 5.04. The van der Waals surface area contributed by atoms with Crippen LogP contribution in [-0.2, 0) is 11.3 Å². The van der Waals surface area contributed by atoms with Gasteiger partial charge >= 0.3 is 0 Å². The Morgan fingerprint density at radius 3 is 2.38 bits per heavy atom. The minimum Gasteiger partial charge on any atom is -0.334 e. The molecule has 5 heteroatoms. The maximum absolute atomic E-state index is 13.2. The molecule has 1 amide bonds. The fourth-order valence-corrected chi connectivity index (χ4v) is 4.26. The van der Waals surface area contributed by atoms with Crippen LogP contribution in [0.2, 0.25) is 0 Å². The molecular formula is C21H32FN3O. The van der Waals surface area contributed by atoms with E-state index in [4.69, 9.17) is 0 Å². The molecule has 1 aliphatic heterocycles. The van der Waals surface area contributed by atoms with Gasteiger partial charge in [0.2, 0.25) is 5.91 Å². The molecule has 1 saturated heterocycles. The van der Waals surface area contributed by atoms with E-state index >= 15 is 0 Å². The molecule has 0 N–H and O–H groups in total. The molecule has 1 atom stereocenters. The number of nitrogens with zero attached hydrogens (tertiary/aromatic N) is 3. The first kappa shape index (κ1) is 19.3. The molecule has 0 bridgehead atoms. The zero-order chi connectivity index (χ0) is 18.5. The Balaban J connectivity index is 1.66. The van der Waals surface area contributed by atoms with Gasteiger partial charge in [0.25, 0.3) is 0 Å². The molecule has 1 aliphatic carbocycles. The van der Waals surface area contributed by atoms with Crippen LogP contribution in [0.15, 0.2) is 24.3 Å². The van der Waals surface area contributed by atoms with E-state index in [-0.39, 0.29) is 11.7 Å². The van der Waals surface area contributed by atoms with E-state index in [0.717, 1.165) is 37.9 Å². The van der Waals surface area contributed by atoms with E-state index < -0.39 is 0 Å². The molecule has 1 aromatic rings. The van der Waals surface area contributed by atoms with Crippen LogP contribution in [0.4, 0.5) is 4.39 Å². The second-order valence-corrected chi connectivity index (χ2v) is 8.08. The lowest BCUT2D eigenvalue weighted by Crippen LogP contribution is -2.46. The Hall–Kier alpha value is -1.46. The topological polar surface area (TPSA) is 26.8 Å². The van der Waals surface area contributed by atoms with Crippen molar-refractivity contribution < 1.29 is 9.18 Å². The highest BCUT2D eigenvalue weighted by Crippen LogP contribution is 2.25. The van der Waals surface area contributed by atoms with Gasteiger partial charge in [0, 0.05) is 31.7 Å². The summed E-state index contributed by atoms with van der Waals surface area (Å²) in [5, 5.41) is 0. The largest absolute Gasteiger partial charge is 0.334 e. The zero-order valence-corrected chi connectivity index (χ0v) is 16.2. The van der Waals surface area contributed by atoms with Gasteiger partial charge in [-0.05, 0) is 51.1 Å². The van der Waals surface area contributed by atoms with E-state index in [1.807, 2.05) is 0 Å². The van der Waals surface area contributed by atoms with E-state index in [0.29, 0.717) is 25.2 Å². The van der Waals surface area contributed by atoms with Crippen LogP contribution >= 0.6 is 0 Å². The molecule has 0 radical (unpaired) electrons. The second kappa shape index (κ2) is 8.96. The maximum Gasteiger partial charge on any atom is 0.237 e. The second-order valence-electron chi connectivity index (χ2n) is 8.08. The average Bonchev–Trinajstić information content (AvgIpc) is 3.10. The van der Waals surface area contributed by atoms with Gasteiger partial charge in [0.1, 0.15) is 5.82 Å². The minimum absolute atomic E-state index is 0.223. The third-order valence-corrected chi connectivity index (χ3v) is 5.94. The van der Waals surface area contributed by atoms with Crippen molar-refractivity contribution >= 4 is 5.91 Å². The monoisotopic (exact) mass is 361 g/mol. The number of carbonyl (C=O) groups excluding carboxylic acids is 1. The Bertz CT molecular complexity index is 583. The van der Waals surface area contributed by atoms with E-state index in [1.165, 1.54) is 31.4 Å². The number of likely N-dealkylation sites (N-methyl/N-ethyl adjacent to an activating group) is 1. The predicted molar refractivity (Wildman–Crippen MR) is 102 cm³/mol. The first-order valence-electron chi connectivity index (χ1n) is 9.95. The normalized spacial score (nSPS) is 22.1. The number of carbonyl (C=O) groups is 1. The van der Waals surface area contributed by atoms with Crippen LogP contribution in [0.1, 0.15) is 44.1 Å². The minimum atomic E-state index is -0.226. The summed E-state index contributed by atoms with van der Waals surface area (Å²) in [6, 6.07) is 7.45. The lowest BCUT2D eigenvalue weighted by molar-refractivity contribution is -0.136. The number of amides is 1. The fraction of sp³-hybridized carbons (Fsp3) is 0.667. The first-order chi connectivity index (χ1) is 12.5. The van der Waals surface area contributed by atoms with Crippen LogP contribution in [0, 0.1) is 5.82 Å². The number of halogens is 1. The lowest BCUT2D eigenvalue weighted by Gasteiger charge is -2.35. The van der Waals surface area contributed by atoms with E-state index in [1.54, 1.807) is 12.1 Å². The van der Waals surface area contributed by atoms with Crippen molar-refractivity contribution in [3.63, 3.8) is 0 Å². The highest BCUT2D eigenvalue weighted by molar-refractivity contribution is 5.78. The van der Waals surface area contributed by atoms with Crippen molar-refractivity contribution in [2.75, 3.05) is 33.7 Å². The molecular weight excluding hydrogens is 329 g/mol. The Morgan fingerprint density at radius 2 is 1.77 bits per heavy atom. The molecule has 1 aromatic carbocycles. The number of benzene rings is 1. The Labute approximate surface area is 157 Å². The molecule has 1 heterocycles. The van der Waals surface area contributed by atoms with Gasteiger partial charge in [-0.15, -0.1) is 0 Å². The molecule has 0 spiro atoms. The van der Waals surface area contributed by atoms with Crippen molar-refractivity contribution in [3.8, 4) is 0 Å². The van der Waals surface area contributed by atoms with Gasteiger partial charge in [-0.3, -0.25) is 9.69 Å². The van der Waals surface area contributed by atoms with E-state index in [2.05, 4.69) is 28.8 Å². The highest BCUT2D eigenvalue weighted by Gasteiger charge is 2.30. The van der Waals surface area contributed by atoms with E-state index in [9.17, 15) is 9.18 Å². The fourth-order valence-electron chi connectivity index (χ4n) is 4.26. The summed E-state index contributed by atoms with van der Waals surface area (Å²) in [5.74, 6) is -0.00304. The average molecular weight is 362 g/mol. The molecule has 1 saturated carbocycles. The summed E-state index contributed by atoms with van der Waals surface area (Å²) in [6.45, 7) is 3.05. The maximum atomic E-state index is 13.2. The standard InChI is InChI=1S/C21H32FN3O/c1-23(2)20-12-13-24(15-20)16-21(26)25(19-6-4-3-5-7-19)14-17-8-10-18(22)11-9-17/h8-11,19-20H,3-7,12-16H2,1-2H3.